The van der Waals surface area contributed by atoms with Crippen LogP contribution in [0.3, 0.4) is 0 Å². The predicted molar refractivity (Wildman–Crippen MR) is 30.9 cm³/mol. The lowest BCUT2D eigenvalue weighted by atomic mass is 10.5. The summed E-state index contributed by atoms with van der Waals surface area (Å²) in [5, 5.41) is -0.494. The molecule has 0 aromatic rings. The fourth-order valence-electron chi connectivity index (χ4n) is 0.226. The van der Waals surface area contributed by atoms with Crippen LogP contribution in [0.25, 0.3) is 0 Å². The zero-order valence-electron chi connectivity index (χ0n) is 4.88. The van der Waals surface area contributed by atoms with Crippen LogP contribution in [0.4, 0.5) is 22.0 Å². The summed E-state index contributed by atoms with van der Waals surface area (Å²) in [5.41, 5.74) is 4.42. The average Bonchev–Trinajstić information content (AvgIpc) is 1.56. The molecular formula is C3H3F5N2S. The molecule has 0 heterocycles. The van der Waals surface area contributed by atoms with E-state index in [1.54, 1.807) is 0 Å². The lowest BCUT2D eigenvalue weighted by molar-refractivity contribution is -0.288. The van der Waals surface area contributed by atoms with Crippen LogP contribution in [0.5, 0.6) is 0 Å². The van der Waals surface area contributed by atoms with Crippen molar-refractivity contribution >= 4 is 17.3 Å². The summed E-state index contributed by atoms with van der Waals surface area (Å²) in [4.78, 5) is 0. The number of nitrogens with two attached hydrogens (primary N) is 1. The Morgan fingerprint density at radius 3 is 1.64 bits per heavy atom. The maximum Gasteiger partial charge on any atom is 0.475 e. The van der Waals surface area contributed by atoms with Gasteiger partial charge in [-0.1, -0.05) is 0 Å². The normalized spacial score (nSPS) is 12.8. The largest absolute Gasteiger partial charge is 0.475 e. The molecule has 0 aromatic carbocycles. The zero-order chi connectivity index (χ0) is 9.28. The molecule has 0 saturated carbocycles. The predicted octanol–water partition coefficient (Wildman–Crippen LogP) is 0.975. The van der Waals surface area contributed by atoms with Crippen LogP contribution < -0.4 is 11.1 Å². The highest BCUT2D eigenvalue weighted by Gasteiger charge is 2.58. The minimum atomic E-state index is -5.68. The molecule has 11 heavy (non-hydrogen) atoms. The summed E-state index contributed by atoms with van der Waals surface area (Å²) in [6.07, 6.45) is -5.68. The van der Waals surface area contributed by atoms with Crippen LogP contribution in [0.1, 0.15) is 0 Å². The van der Waals surface area contributed by atoms with Gasteiger partial charge in [-0.2, -0.15) is 22.0 Å². The number of halogens is 5. The van der Waals surface area contributed by atoms with E-state index in [2.05, 4.69) is 18.0 Å². The van der Waals surface area contributed by atoms with Gasteiger partial charge in [-0.15, -0.1) is 0 Å². The maximum atomic E-state index is 11.8. The Kier molecular flexibility index (Phi) is 2.60. The second kappa shape index (κ2) is 2.76. The Balaban J connectivity index is 4.34. The van der Waals surface area contributed by atoms with E-state index in [0.717, 1.165) is 0 Å². The molecule has 2 nitrogen and oxygen atoms in total. The molecule has 0 spiro atoms. The van der Waals surface area contributed by atoms with Crippen molar-refractivity contribution in [3.8, 4) is 0 Å². The molecule has 0 aromatic heterocycles. The molecule has 0 fully saturated rings. The Hall–Kier alpha value is -0.660. The first-order valence-corrected chi connectivity index (χ1v) is 2.60. The van der Waals surface area contributed by atoms with Crippen molar-refractivity contribution in [2.45, 2.75) is 12.2 Å². The number of alkyl halides is 5. The highest BCUT2D eigenvalue weighted by Crippen LogP contribution is 2.32. The molecule has 8 heteroatoms. The monoisotopic (exact) mass is 194 g/mol. The maximum absolute atomic E-state index is 11.8. The van der Waals surface area contributed by atoms with Gasteiger partial charge in [0.1, 0.15) is 0 Å². The van der Waals surface area contributed by atoms with E-state index in [9.17, 15) is 22.0 Å². The lowest BCUT2D eigenvalue weighted by Gasteiger charge is -2.19. The molecule has 0 rings (SSSR count). The molecule has 0 unspecified atom stereocenters. The van der Waals surface area contributed by atoms with Gasteiger partial charge >= 0.3 is 12.2 Å². The van der Waals surface area contributed by atoms with Crippen LogP contribution in [0.2, 0.25) is 0 Å². The van der Waals surface area contributed by atoms with Gasteiger partial charge in [-0.05, 0) is 12.2 Å². The van der Waals surface area contributed by atoms with Crippen molar-refractivity contribution in [1.82, 2.24) is 5.32 Å². The Morgan fingerprint density at radius 2 is 1.55 bits per heavy atom. The topological polar surface area (TPSA) is 38.0 Å². The Morgan fingerprint density at radius 1 is 1.18 bits per heavy atom. The van der Waals surface area contributed by atoms with Crippen LogP contribution in [-0.4, -0.2) is 17.3 Å². The molecule has 0 radical (unpaired) electrons. The standard InChI is InChI=1S/C3H3F5N2S/c4-2(5,6)3(7,8)10-1(9)11/h(H3,9,10,11). The van der Waals surface area contributed by atoms with Gasteiger partial charge in [0.25, 0.3) is 0 Å². The van der Waals surface area contributed by atoms with Gasteiger partial charge in [-0.25, -0.2) is 0 Å². The third-order valence-corrected chi connectivity index (χ3v) is 0.738. The fourth-order valence-corrected chi connectivity index (χ4v) is 0.354. The van der Waals surface area contributed by atoms with Crippen LogP contribution in [0, 0.1) is 0 Å². The summed E-state index contributed by atoms with van der Waals surface area (Å²) in [7, 11) is 0. The fraction of sp³-hybridized carbons (Fsp3) is 0.667. The van der Waals surface area contributed by atoms with Crippen molar-refractivity contribution in [3.05, 3.63) is 0 Å². The van der Waals surface area contributed by atoms with Crippen LogP contribution >= 0.6 is 12.2 Å². The number of hydrogen-bond acceptors (Lipinski definition) is 1. The molecule has 0 aliphatic rings. The zero-order valence-corrected chi connectivity index (χ0v) is 5.69. The van der Waals surface area contributed by atoms with Gasteiger partial charge in [0, 0.05) is 0 Å². The van der Waals surface area contributed by atoms with Crippen molar-refractivity contribution < 1.29 is 22.0 Å². The third-order valence-electron chi connectivity index (χ3n) is 0.636. The minimum absolute atomic E-state index is 0.610. The highest BCUT2D eigenvalue weighted by molar-refractivity contribution is 7.80. The van der Waals surface area contributed by atoms with E-state index < -0.39 is 17.3 Å². The highest BCUT2D eigenvalue weighted by atomic mass is 32.1. The van der Waals surface area contributed by atoms with Crippen LogP contribution in [0.15, 0.2) is 0 Å². The summed E-state index contributed by atoms with van der Waals surface area (Å²) in [5.74, 6) is 0. The summed E-state index contributed by atoms with van der Waals surface area (Å²) in [6.45, 7) is 0. The first-order chi connectivity index (χ1) is 4.67. The molecular weight excluding hydrogens is 191 g/mol. The first kappa shape index (κ1) is 10.3. The van der Waals surface area contributed by atoms with Crippen LogP contribution in [-0.2, 0) is 0 Å². The van der Waals surface area contributed by atoms with Gasteiger partial charge in [0.05, 0.1) is 0 Å². The first-order valence-electron chi connectivity index (χ1n) is 2.19. The van der Waals surface area contributed by atoms with Gasteiger partial charge in [0.2, 0.25) is 0 Å². The van der Waals surface area contributed by atoms with E-state index in [0.29, 0.717) is 5.32 Å². The van der Waals surface area contributed by atoms with Crippen molar-refractivity contribution in [2.24, 2.45) is 5.73 Å². The number of thiocarbonyl (C=S) groups is 1. The summed E-state index contributed by atoms with van der Waals surface area (Å²) < 4.78 is 57.4. The van der Waals surface area contributed by atoms with E-state index in [1.807, 2.05) is 0 Å². The van der Waals surface area contributed by atoms with E-state index in [-0.39, 0.29) is 0 Å². The molecule has 0 bridgehead atoms. The molecule has 0 aliphatic carbocycles. The molecule has 0 aliphatic heterocycles. The number of rotatable bonds is 1. The van der Waals surface area contributed by atoms with Crippen molar-refractivity contribution in [3.63, 3.8) is 0 Å². The lowest BCUT2D eigenvalue weighted by Crippen LogP contribution is -2.53. The Bertz CT molecular complexity index is 164. The van der Waals surface area contributed by atoms with Crippen molar-refractivity contribution in [2.75, 3.05) is 0 Å². The SMILES string of the molecule is NC(=S)NC(F)(F)C(F)(F)F. The average molecular weight is 194 g/mol. The second-order valence-electron chi connectivity index (χ2n) is 1.56. The van der Waals surface area contributed by atoms with E-state index in [1.165, 1.54) is 0 Å². The summed E-state index contributed by atoms with van der Waals surface area (Å²) >= 11 is 3.80. The minimum Gasteiger partial charge on any atom is -0.376 e. The van der Waals surface area contributed by atoms with E-state index in [4.69, 9.17) is 0 Å². The smallest absolute Gasteiger partial charge is 0.376 e. The number of hydrogen-bond donors (Lipinski definition) is 2. The van der Waals surface area contributed by atoms with Crippen molar-refractivity contribution in [1.29, 1.82) is 0 Å². The molecule has 0 saturated heterocycles. The Labute approximate surface area is 63.5 Å². The quantitative estimate of drug-likeness (QED) is 0.371. The van der Waals surface area contributed by atoms with E-state index >= 15 is 0 Å². The van der Waals surface area contributed by atoms with Gasteiger partial charge < -0.3 is 5.73 Å². The second-order valence-corrected chi connectivity index (χ2v) is 2.00. The molecule has 66 valence electrons. The number of nitrogens with one attached hydrogen (secondary N) is 1. The third kappa shape index (κ3) is 2.83. The molecule has 0 amide bonds. The molecule has 0 atom stereocenters. The molecule has 3 N–H and O–H groups in total. The summed E-state index contributed by atoms with van der Waals surface area (Å²) in [6, 6.07) is -5.06. The van der Waals surface area contributed by atoms with Gasteiger partial charge in [-0.3, -0.25) is 5.32 Å². The van der Waals surface area contributed by atoms with Gasteiger partial charge in [0.15, 0.2) is 5.11 Å².